The second kappa shape index (κ2) is 3.44. The number of amides is 1. The highest BCUT2D eigenvalue weighted by molar-refractivity contribution is 5.92. The first kappa shape index (κ1) is 8.15. The third-order valence-corrected chi connectivity index (χ3v) is 1.24. The summed E-state index contributed by atoms with van der Waals surface area (Å²) in [6.07, 6.45) is 0. The van der Waals surface area contributed by atoms with Crippen LogP contribution in [0.4, 0.5) is 5.69 Å². The van der Waals surface area contributed by atoms with Gasteiger partial charge >= 0.3 is 0 Å². The molecule has 4 N–H and O–H groups in total. The Morgan fingerprint density at radius 1 is 1.25 bits per heavy atom. The summed E-state index contributed by atoms with van der Waals surface area (Å²) < 4.78 is 0. The number of nitrogens with two attached hydrogens (primary N) is 2. The zero-order valence-corrected chi connectivity index (χ0v) is 6.37. The number of nitrogen functional groups attached to an aromatic ring is 1. The lowest BCUT2D eigenvalue weighted by molar-refractivity contribution is -0.112. The fourth-order valence-corrected chi connectivity index (χ4v) is 0.700. The lowest BCUT2D eigenvalue weighted by atomic mass is 10.2. The number of anilines is 1. The zero-order chi connectivity index (χ0) is 8.97. The van der Waals surface area contributed by atoms with Gasteiger partial charge < -0.3 is 11.5 Å². The number of hydrogen-bond donors (Lipinski definition) is 2. The first-order valence-electron chi connectivity index (χ1n) is 3.35. The Bertz CT molecular complexity index is 343. The maximum Gasteiger partial charge on any atom is 0.293 e. The summed E-state index contributed by atoms with van der Waals surface area (Å²) in [4.78, 5) is 10.3. The molecule has 0 bridgehead atoms. The third kappa shape index (κ3) is 2.35. The van der Waals surface area contributed by atoms with Crippen LogP contribution in [0, 0.1) is 11.8 Å². The maximum atomic E-state index is 10.3. The van der Waals surface area contributed by atoms with E-state index in [-0.39, 0.29) is 0 Å². The summed E-state index contributed by atoms with van der Waals surface area (Å²) in [5.41, 5.74) is 11.7. The van der Waals surface area contributed by atoms with Gasteiger partial charge in [-0.3, -0.25) is 4.79 Å². The molecule has 0 spiro atoms. The van der Waals surface area contributed by atoms with E-state index in [1.807, 2.05) is 0 Å². The smallest absolute Gasteiger partial charge is 0.293 e. The van der Waals surface area contributed by atoms with Gasteiger partial charge in [0.2, 0.25) is 0 Å². The molecule has 1 aromatic carbocycles. The highest BCUT2D eigenvalue weighted by Gasteiger charge is 1.86. The van der Waals surface area contributed by atoms with Crippen LogP contribution in [0.15, 0.2) is 24.3 Å². The molecule has 12 heavy (non-hydrogen) atoms. The Hall–Kier alpha value is -1.95. The van der Waals surface area contributed by atoms with Crippen molar-refractivity contribution in [1.29, 1.82) is 0 Å². The second-order valence-corrected chi connectivity index (χ2v) is 2.24. The lowest BCUT2D eigenvalue weighted by Crippen LogP contribution is -2.06. The molecule has 1 amide bonds. The minimum Gasteiger partial charge on any atom is -0.399 e. The summed E-state index contributed by atoms with van der Waals surface area (Å²) in [5, 5.41) is 0. The van der Waals surface area contributed by atoms with E-state index < -0.39 is 5.91 Å². The van der Waals surface area contributed by atoms with Crippen molar-refractivity contribution < 1.29 is 4.79 Å². The van der Waals surface area contributed by atoms with E-state index in [1.165, 1.54) is 0 Å². The topological polar surface area (TPSA) is 69.1 Å². The Balaban J connectivity index is 2.86. The largest absolute Gasteiger partial charge is 0.399 e. The van der Waals surface area contributed by atoms with E-state index in [0.717, 1.165) is 5.56 Å². The Kier molecular flexibility index (Phi) is 2.34. The predicted molar refractivity (Wildman–Crippen MR) is 46.9 cm³/mol. The summed E-state index contributed by atoms with van der Waals surface area (Å²) in [7, 11) is 0. The van der Waals surface area contributed by atoms with Gasteiger partial charge in [0.05, 0.1) is 0 Å². The molecule has 0 aliphatic carbocycles. The molecule has 0 unspecified atom stereocenters. The molecule has 60 valence electrons. The molecule has 0 radical (unpaired) electrons. The average Bonchev–Trinajstić information content (AvgIpc) is 2.03. The van der Waals surface area contributed by atoms with Gasteiger partial charge in [-0.15, -0.1) is 0 Å². The van der Waals surface area contributed by atoms with E-state index in [2.05, 4.69) is 11.8 Å². The quantitative estimate of drug-likeness (QED) is 0.417. The van der Waals surface area contributed by atoms with Crippen LogP contribution < -0.4 is 11.5 Å². The summed E-state index contributed by atoms with van der Waals surface area (Å²) in [5.74, 6) is 4.19. The Morgan fingerprint density at radius 3 is 2.33 bits per heavy atom. The van der Waals surface area contributed by atoms with Crippen molar-refractivity contribution in [2.45, 2.75) is 0 Å². The molecule has 0 aliphatic heterocycles. The molecule has 0 heterocycles. The van der Waals surface area contributed by atoms with Crippen molar-refractivity contribution in [3.63, 3.8) is 0 Å². The molecular weight excluding hydrogens is 152 g/mol. The number of benzene rings is 1. The van der Waals surface area contributed by atoms with Crippen LogP contribution in [0.2, 0.25) is 0 Å². The van der Waals surface area contributed by atoms with Crippen LogP contribution in [0.3, 0.4) is 0 Å². The van der Waals surface area contributed by atoms with E-state index in [1.54, 1.807) is 24.3 Å². The normalized spacial score (nSPS) is 8.33. The van der Waals surface area contributed by atoms with E-state index in [4.69, 9.17) is 11.5 Å². The monoisotopic (exact) mass is 160 g/mol. The van der Waals surface area contributed by atoms with Crippen molar-refractivity contribution in [2.24, 2.45) is 5.73 Å². The van der Waals surface area contributed by atoms with Crippen LogP contribution in [-0.2, 0) is 4.79 Å². The highest BCUT2D eigenvalue weighted by Crippen LogP contribution is 2.03. The number of hydrogen-bond acceptors (Lipinski definition) is 2. The molecule has 0 atom stereocenters. The first-order chi connectivity index (χ1) is 5.68. The first-order valence-corrected chi connectivity index (χ1v) is 3.35. The van der Waals surface area contributed by atoms with Gasteiger partial charge in [0.15, 0.2) is 0 Å². The average molecular weight is 160 g/mol. The van der Waals surface area contributed by atoms with Gasteiger partial charge in [-0.05, 0) is 30.2 Å². The predicted octanol–water partition coefficient (Wildman–Crippen LogP) is 0.106. The Morgan fingerprint density at radius 2 is 1.83 bits per heavy atom. The van der Waals surface area contributed by atoms with Crippen molar-refractivity contribution in [1.82, 2.24) is 0 Å². The van der Waals surface area contributed by atoms with Gasteiger partial charge in [0.1, 0.15) is 0 Å². The van der Waals surface area contributed by atoms with Crippen LogP contribution in [0.1, 0.15) is 5.56 Å². The minimum absolute atomic E-state index is 0.633. The van der Waals surface area contributed by atoms with Crippen LogP contribution in [0.25, 0.3) is 0 Å². The number of carbonyl (C=O) groups is 1. The van der Waals surface area contributed by atoms with Gasteiger partial charge in [0.25, 0.3) is 5.91 Å². The molecule has 1 aromatic rings. The number of carbonyl (C=O) groups excluding carboxylic acids is 1. The van der Waals surface area contributed by atoms with Gasteiger partial charge in [-0.2, -0.15) is 0 Å². The molecule has 0 aliphatic rings. The van der Waals surface area contributed by atoms with Gasteiger partial charge in [0, 0.05) is 11.3 Å². The molecule has 0 aromatic heterocycles. The van der Waals surface area contributed by atoms with Crippen LogP contribution in [-0.4, -0.2) is 5.91 Å². The lowest BCUT2D eigenvalue weighted by Gasteiger charge is -1.90. The standard InChI is InChI=1S/C9H8N2O/c10-8-4-1-7(2-5-8)3-6-9(11)12/h1-2,4-5H,10H2,(H2,11,12). The maximum absolute atomic E-state index is 10.3. The molecule has 0 saturated carbocycles. The van der Waals surface area contributed by atoms with E-state index in [9.17, 15) is 4.79 Å². The van der Waals surface area contributed by atoms with Gasteiger partial charge in [-0.1, -0.05) is 5.92 Å². The van der Waals surface area contributed by atoms with Crippen LogP contribution in [0.5, 0.6) is 0 Å². The van der Waals surface area contributed by atoms with Crippen molar-refractivity contribution in [2.75, 3.05) is 5.73 Å². The fourth-order valence-electron chi connectivity index (χ4n) is 0.700. The third-order valence-electron chi connectivity index (χ3n) is 1.24. The van der Waals surface area contributed by atoms with Crippen LogP contribution >= 0.6 is 0 Å². The number of rotatable bonds is 0. The highest BCUT2D eigenvalue weighted by atomic mass is 16.1. The molecular formula is C9H8N2O. The Labute approximate surface area is 70.4 Å². The van der Waals surface area contributed by atoms with Crippen molar-refractivity contribution >= 4 is 11.6 Å². The zero-order valence-electron chi connectivity index (χ0n) is 6.37. The summed E-state index contributed by atoms with van der Waals surface area (Å²) in [6, 6.07) is 6.88. The molecule has 0 saturated heterocycles. The second-order valence-electron chi connectivity index (χ2n) is 2.24. The molecule has 0 fully saturated rings. The van der Waals surface area contributed by atoms with Crippen molar-refractivity contribution in [3.8, 4) is 11.8 Å². The van der Waals surface area contributed by atoms with E-state index >= 15 is 0 Å². The fraction of sp³-hybridized carbons (Fsp3) is 0. The summed E-state index contributed by atoms with van der Waals surface area (Å²) in [6.45, 7) is 0. The number of primary amides is 1. The summed E-state index contributed by atoms with van der Waals surface area (Å²) >= 11 is 0. The van der Waals surface area contributed by atoms with Gasteiger partial charge in [-0.25, -0.2) is 0 Å². The van der Waals surface area contributed by atoms with E-state index in [0.29, 0.717) is 5.69 Å². The molecule has 3 nitrogen and oxygen atoms in total. The minimum atomic E-state index is -0.633. The molecule has 3 heteroatoms. The molecule has 1 rings (SSSR count). The SMILES string of the molecule is NC(=O)C#Cc1ccc(N)cc1. The van der Waals surface area contributed by atoms with Crippen molar-refractivity contribution in [3.05, 3.63) is 29.8 Å².